The van der Waals surface area contributed by atoms with E-state index in [1.54, 1.807) is 4.90 Å². The average molecular weight is 251 g/mol. The predicted molar refractivity (Wildman–Crippen MR) is 67.6 cm³/mol. The van der Waals surface area contributed by atoms with Crippen LogP contribution in [0.3, 0.4) is 0 Å². The lowest BCUT2D eigenvalue weighted by molar-refractivity contribution is -0.135. The third kappa shape index (κ3) is 2.52. The van der Waals surface area contributed by atoms with Crippen LogP contribution in [0.1, 0.15) is 13.3 Å². The molecule has 2 aromatic heterocycles. The second-order valence-electron chi connectivity index (χ2n) is 3.65. The molecule has 0 aliphatic rings. The summed E-state index contributed by atoms with van der Waals surface area (Å²) >= 11 is 1.54. The molecule has 2 rings (SSSR count). The van der Waals surface area contributed by atoms with Crippen molar-refractivity contribution in [3.8, 4) is 0 Å². The summed E-state index contributed by atoms with van der Waals surface area (Å²) in [6, 6.07) is 1.91. The number of carbonyl (C=O) groups is 1. The highest BCUT2D eigenvalue weighted by atomic mass is 32.1. The number of anilines is 1. The van der Waals surface area contributed by atoms with Gasteiger partial charge in [0.25, 0.3) is 0 Å². The summed E-state index contributed by atoms with van der Waals surface area (Å²) in [4.78, 5) is 21.0. The first-order chi connectivity index (χ1) is 8.22. The summed E-state index contributed by atoms with van der Waals surface area (Å²) in [5.41, 5.74) is 0.867. The maximum Gasteiger partial charge on any atom is 0.323 e. The quantitative estimate of drug-likeness (QED) is 0.880. The molecule has 0 spiro atoms. The highest BCUT2D eigenvalue weighted by Gasteiger charge is 2.15. The van der Waals surface area contributed by atoms with Crippen molar-refractivity contribution in [3.05, 3.63) is 17.8 Å². The molecule has 0 fully saturated rings. The van der Waals surface area contributed by atoms with E-state index in [-0.39, 0.29) is 6.54 Å². The first-order valence-electron chi connectivity index (χ1n) is 5.37. The fraction of sp³-hybridized carbons (Fsp3) is 0.364. The second kappa shape index (κ2) is 5.09. The van der Waals surface area contributed by atoms with Gasteiger partial charge in [-0.25, -0.2) is 9.97 Å². The van der Waals surface area contributed by atoms with Crippen LogP contribution in [-0.4, -0.2) is 34.1 Å². The van der Waals surface area contributed by atoms with E-state index < -0.39 is 5.97 Å². The molecular formula is C11H13N3O2S. The van der Waals surface area contributed by atoms with Gasteiger partial charge in [0.1, 0.15) is 12.9 Å². The molecular weight excluding hydrogens is 238 g/mol. The summed E-state index contributed by atoms with van der Waals surface area (Å²) in [5, 5.41) is 10.9. The van der Waals surface area contributed by atoms with E-state index in [0.29, 0.717) is 12.4 Å². The Kier molecular flexibility index (Phi) is 3.53. The van der Waals surface area contributed by atoms with Crippen LogP contribution in [0, 0.1) is 0 Å². The molecule has 90 valence electrons. The average Bonchev–Trinajstić information content (AvgIpc) is 2.75. The Labute approximate surface area is 103 Å². The molecule has 0 amide bonds. The first-order valence-corrected chi connectivity index (χ1v) is 6.25. The lowest BCUT2D eigenvalue weighted by Gasteiger charge is -2.21. The Morgan fingerprint density at radius 2 is 2.35 bits per heavy atom. The third-order valence-electron chi connectivity index (χ3n) is 2.34. The van der Waals surface area contributed by atoms with Gasteiger partial charge in [-0.15, -0.1) is 11.3 Å². The van der Waals surface area contributed by atoms with Gasteiger partial charge in [0.2, 0.25) is 0 Å². The van der Waals surface area contributed by atoms with Gasteiger partial charge in [0.05, 0.1) is 10.2 Å². The highest BCUT2D eigenvalue weighted by molar-refractivity contribution is 7.17. The van der Waals surface area contributed by atoms with Crippen molar-refractivity contribution in [1.29, 1.82) is 0 Å². The summed E-state index contributed by atoms with van der Waals surface area (Å²) in [6.07, 6.45) is 2.36. The zero-order valence-corrected chi connectivity index (χ0v) is 10.3. The summed E-state index contributed by atoms with van der Waals surface area (Å²) < 4.78 is 0.946. The first kappa shape index (κ1) is 11.8. The zero-order chi connectivity index (χ0) is 12.3. The molecule has 1 N–H and O–H groups in total. The normalized spacial score (nSPS) is 10.6. The highest BCUT2D eigenvalue weighted by Crippen LogP contribution is 2.27. The monoisotopic (exact) mass is 251 g/mol. The number of hydrogen-bond donors (Lipinski definition) is 1. The zero-order valence-electron chi connectivity index (χ0n) is 9.46. The van der Waals surface area contributed by atoms with E-state index in [9.17, 15) is 4.79 Å². The SMILES string of the molecule is CCCN(CC(=O)O)c1ncnc2ccsc12. The molecule has 0 atom stereocenters. The van der Waals surface area contributed by atoms with Crippen molar-refractivity contribution in [2.24, 2.45) is 0 Å². The minimum Gasteiger partial charge on any atom is -0.480 e. The number of fused-ring (bicyclic) bond motifs is 1. The van der Waals surface area contributed by atoms with Crippen molar-refractivity contribution in [1.82, 2.24) is 9.97 Å². The van der Waals surface area contributed by atoms with Crippen LogP contribution in [0.4, 0.5) is 5.82 Å². The molecule has 0 aromatic carbocycles. The van der Waals surface area contributed by atoms with E-state index in [1.165, 1.54) is 17.7 Å². The number of hydrogen-bond acceptors (Lipinski definition) is 5. The second-order valence-corrected chi connectivity index (χ2v) is 4.56. The molecule has 0 unspecified atom stereocenters. The Morgan fingerprint density at radius 3 is 3.06 bits per heavy atom. The van der Waals surface area contributed by atoms with E-state index in [2.05, 4.69) is 9.97 Å². The molecule has 0 saturated heterocycles. The van der Waals surface area contributed by atoms with Crippen molar-refractivity contribution in [2.75, 3.05) is 18.0 Å². The molecule has 0 radical (unpaired) electrons. The van der Waals surface area contributed by atoms with Crippen molar-refractivity contribution in [2.45, 2.75) is 13.3 Å². The number of thiophene rings is 1. The molecule has 0 aliphatic carbocycles. The summed E-state index contributed by atoms with van der Waals surface area (Å²) in [7, 11) is 0. The van der Waals surface area contributed by atoms with Gasteiger partial charge in [0, 0.05) is 6.54 Å². The van der Waals surface area contributed by atoms with E-state index in [4.69, 9.17) is 5.11 Å². The standard InChI is InChI=1S/C11H13N3O2S/c1-2-4-14(6-9(15)16)11-10-8(3-5-17-10)12-7-13-11/h3,5,7H,2,4,6H2,1H3,(H,15,16). The molecule has 0 saturated carbocycles. The topological polar surface area (TPSA) is 66.3 Å². The van der Waals surface area contributed by atoms with Crippen molar-refractivity contribution in [3.63, 3.8) is 0 Å². The Hall–Kier alpha value is -1.69. The number of aromatic nitrogens is 2. The van der Waals surface area contributed by atoms with Crippen molar-refractivity contribution >= 4 is 33.3 Å². The Balaban J connectivity index is 2.40. The molecule has 2 heterocycles. The number of nitrogens with zero attached hydrogens (tertiary/aromatic N) is 3. The largest absolute Gasteiger partial charge is 0.480 e. The third-order valence-corrected chi connectivity index (χ3v) is 3.24. The number of aliphatic carboxylic acids is 1. The summed E-state index contributed by atoms with van der Waals surface area (Å²) in [6.45, 7) is 2.66. The summed E-state index contributed by atoms with van der Waals surface area (Å²) in [5.74, 6) is -0.129. The lowest BCUT2D eigenvalue weighted by atomic mass is 10.3. The maximum atomic E-state index is 10.9. The fourth-order valence-electron chi connectivity index (χ4n) is 1.69. The van der Waals surface area contributed by atoms with Gasteiger partial charge >= 0.3 is 5.97 Å². The fourth-order valence-corrected chi connectivity index (χ4v) is 2.56. The predicted octanol–water partition coefficient (Wildman–Crippen LogP) is 1.99. The van der Waals surface area contributed by atoms with Crippen LogP contribution < -0.4 is 4.90 Å². The van der Waals surface area contributed by atoms with Gasteiger partial charge in [-0.3, -0.25) is 4.79 Å². The van der Waals surface area contributed by atoms with Crippen LogP contribution in [0.2, 0.25) is 0 Å². The van der Waals surface area contributed by atoms with Gasteiger partial charge in [-0.1, -0.05) is 6.92 Å². The minimum absolute atomic E-state index is 0.0299. The number of rotatable bonds is 5. The van der Waals surface area contributed by atoms with Crippen LogP contribution in [-0.2, 0) is 4.79 Å². The Morgan fingerprint density at radius 1 is 1.53 bits per heavy atom. The van der Waals surface area contributed by atoms with Crippen LogP contribution in [0.5, 0.6) is 0 Å². The van der Waals surface area contributed by atoms with Crippen molar-refractivity contribution < 1.29 is 9.90 Å². The number of carboxylic acid groups (broad SMARTS) is 1. The molecule has 5 nitrogen and oxygen atoms in total. The van der Waals surface area contributed by atoms with Crippen LogP contribution >= 0.6 is 11.3 Å². The van der Waals surface area contributed by atoms with Gasteiger partial charge in [-0.05, 0) is 17.9 Å². The lowest BCUT2D eigenvalue weighted by Crippen LogP contribution is -2.31. The molecule has 0 bridgehead atoms. The van der Waals surface area contributed by atoms with E-state index in [0.717, 1.165) is 16.6 Å². The molecule has 6 heteroatoms. The Bertz CT molecular complexity index is 526. The number of carboxylic acids is 1. The van der Waals surface area contributed by atoms with Gasteiger partial charge in [-0.2, -0.15) is 0 Å². The smallest absolute Gasteiger partial charge is 0.323 e. The maximum absolute atomic E-state index is 10.9. The van der Waals surface area contributed by atoms with Crippen LogP contribution in [0.25, 0.3) is 10.2 Å². The van der Waals surface area contributed by atoms with E-state index in [1.807, 2.05) is 18.4 Å². The molecule has 2 aromatic rings. The van der Waals surface area contributed by atoms with Gasteiger partial charge < -0.3 is 10.0 Å². The minimum atomic E-state index is -0.846. The van der Waals surface area contributed by atoms with Crippen LogP contribution in [0.15, 0.2) is 17.8 Å². The van der Waals surface area contributed by atoms with E-state index >= 15 is 0 Å². The molecule has 0 aliphatic heterocycles. The van der Waals surface area contributed by atoms with Gasteiger partial charge in [0.15, 0.2) is 5.82 Å². The molecule has 17 heavy (non-hydrogen) atoms.